The minimum Gasteiger partial charge on any atom is -0.207 e. The quantitative estimate of drug-likeness (QED) is 0.837. The molecule has 1 heterocycles. The molecule has 4 nitrogen and oxygen atoms in total. The van der Waals surface area contributed by atoms with Gasteiger partial charge in [0, 0.05) is 18.0 Å². The van der Waals surface area contributed by atoms with Crippen molar-refractivity contribution in [2.75, 3.05) is 6.54 Å². The van der Waals surface area contributed by atoms with E-state index in [0.29, 0.717) is 16.4 Å². The van der Waals surface area contributed by atoms with Gasteiger partial charge in [0.05, 0.1) is 20.9 Å². The predicted molar refractivity (Wildman–Crippen MR) is 83.8 cm³/mol. The zero-order valence-corrected chi connectivity index (χ0v) is 13.7. The molecule has 7 heteroatoms. The van der Waals surface area contributed by atoms with E-state index >= 15 is 0 Å². The third-order valence-electron chi connectivity index (χ3n) is 2.91. The Labute approximate surface area is 133 Å². The summed E-state index contributed by atoms with van der Waals surface area (Å²) in [4.78, 5) is 1.01. The van der Waals surface area contributed by atoms with E-state index in [4.69, 9.17) is 16.9 Å². The number of benzene rings is 1. The second-order valence-corrected chi connectivity index (χ2v) is 8.01. The number of hydrogen-bond donors (Lipinski definition) is 0. The zero-order chi connectivity index (χ0) is 15.5. The van der Waals surface area contributed by atoms with Gasteiger partial charge in [0.15, 0.2) is 0 Å². The second-order valence-electron chi connectivity index (χ2n) is 4.28. The summed E-state index contributed by atoms with van der Waals surface area (Å²) in [6.45, 7) is 2.39. The first-order valence-electron chi connectivity index (χ1n) is 6.22. The monoisotopic (exact) mass is 340 g/mol. The van der Waals surface area contributed by atoms with Gasteiger partial charge in [0.2, 0.25) is 10.0 Å². The van der Waals surface area contributed by atoms with Crippen LogP contribution in [0.25, 0.3) is 0 Å². The summed E-state index contributed by atoms with van der Waals surface area (Å²) in [7, 11) is -3.63. The fourth-order valence-electron chi connectivity index (χ4n) is 1.85. The number of nitriles is 1. The van der Waals surface area contributed by atoms with Crippen molar-refractivity contribution in [2.45, 2.75) is 18.4 Å². The molecule has 21 heavy (non-hydrogen) atoms. The normalized spacial score (nSPS) is 11.5. The van der Waals surface area contributed by atoms with Crippen LogP contribution in [-0.2, 0) is 16.6 Å². The summed E-state index contributed by atoms with van der Waals surface area (Å²) in [6, 6.07) is 11.6. The van der Waals surface area contributed by atoms with Crippen molar-refractivity contribution in [3.8, 4) is 6.07 Å². The molecule has 0 saturated heterocycles. The minimum absolute atomic E-state index is 0.131. The first-order chi connectivity index (χ1) is 9.97. The van der Waals surface area contributed by atoms with Crippen LogP contribution in [0.3, 0.4) is 0 Å². The van der Waals surface area contributed by atoms with Crippen LogP contribution in [0.4, 0.5) is 0 Å². The summed E-state index contributed by atoms with van der Waals surface area (Å²) < 4.78 is 27.3. The maximum atomic E-state index is 12.6. The van der Waals surface area contributed by atoms with Crippen LogP contribution in [0.5, 0.6) is 0 Å². The molecule has 0 aliphatic carbocycles. The smallest absolute Gasteiger partial charge is 0.207 e. The first-order valence-corrected chi connectivity index (χ1v) is 8.85. The summed E-state index contributed by atoms with van der Waals surface area (Å²) >= 11 is 7.23. The minimum atomic E-state index is -3.63. The van der Waals surface area contributed by atoms with E-state index < -0.39 is 10.0 Å². The molecular formula is C14H13ClN2O2S2. The summed E-state index contributed by atoms with van der Waals surface area (Å²) in [5, 5.41) is 8.89. The molecule has 0 aliphatic rings. The van der Waals surface area contributed by atoms with Crippen LogP contribution >= 0.6 is 22.9 Å². The highest BCUT2D eigenvalue weighted by Crippen LogP contribution is 2.25. The van der Waals surface area contributed by atoms with Gasteiger partial charge in [-0.15, -0.1) is 11.3 Å². The van der Waals surface area contributed by atoms with E-state index in [0.717, 1.165) is 4.88 Å². The molecular weight excluding hydrogens is 328 g/mol. The van der Waals surface area contributed by atoms with E-state index in [-0.39, 0.29) is 11.4 Å². The maximum Gasteiger partial charge on any atom is 0.243 e. The topological polar surface area (TPSA) is 61.2 Å². The molecule has 1 aromatic carbocycles. The molecule has 0 aliphatic heterocycles. The van der Waals surface area contributed by atoms with Crippen molar-refractivity contribution in [2.24, 2.45) is 0 Å². The number of sulfonamides is 1. The molecule has 110 valence electrons. The van der Waals surface area contributed by atoms with E-state index in [9.17, 15) is 8.42 Å². The molecule has 0 bridgehead atoms. The fourth-order valence-corrected chi connectivity index (χ4v) is 4.51. The fraction of sp³-hybridized carbons (Fsp3) is 0.214. The van der Waals surface area contributed by atoms with Gasteiger partial charge in [-0.1, -0.05) is 24.6 Å². The lowest BCUT2D eigenvalue weighted by atomic mass is 10.2. The highest BCUT2D eigenvalue weighted by atomic mass is 35.5. The van der Waals surface area contributed by atoms with Gasteiger partial charge in [-0.2, -0.15) is 9.57 Å². The number of halogens is 1. The molecule has 1 aromatic heterocycles. The number of thiophene rings is 1. The van der Waals surface area contributed by atoms with E-state index in [1.165, 1.54) is 27.8 Å². The molecule has 0 radical (unpaired) electrons. The summed E-state index contributed by atoms with van der Waals surface area (Å²) in [5.41, 5.74) is 0.325. The molecule has 0 amide bonds. The van der Waals surface area contributed by atoms with Crippen molar-refractivity contribution in [1.29, 1.82) is 5.26 Å². The molecule has 0 spiro atoms. The second kappa shape index (κ2) is 6.58. The molecule has 0 saturated carbocycles. The largest absolute Gasteiger partial charge is 0.243 e. The molecule has 2 aromatic rings. The molecule has 0 unspecified atom stereocenters. The van der Waals surface area contributed by atoms with E-state index in [1.807, 2.05) is 12.1 Å². The van der Waals surface area contributed by atoms with Gasteiger partial charge >= 0.3 is 0 Å². The van der Waals surface area contributed by atoms with Gasteiger partial charge in [0.25, 0.3) is 0 Å². The average molecular weight is 341 g/mol. The lowest BCUT2D eigenvalue weighted by Crippen LogP contribution is -2.30. The standard InChI is InChI=1S/C14H13ClN2O2S2/c1-2-17(10-12-6-7-14(15)20-12)21(18,19)13-5-3-4-11(8-13)9-16/h3-8H,2,10H2,1H3. The number of rotatable bonds is 5. The van der Waals surface area contributed by atoms with Crippen LogP contribution in [0, 0.1) is 11.3 Å². The van der Waals surface area contributed by atoms with Crippen LogP contribution in [0.1, 0.15) is 17.4 Å². The zero-order valence-electron chi connectivity index (χ0n) is 11.3. The highest BCUT2D eigenvalue weighted by molar-refractivity contribution is 7.89. The molecule has 2 rings (SSSR count). The van der Waals surface area contributed by atoms with Gasteiger partial charge in [-0.05, 0) is 30.3 Å². The Hall–Kier alpha value is -1.39. The van der Waals surface area contributed by atoms with Crippen molar-refractivity contribution >= 4 is 33.0 Å². The van der Waals surface area contributed by atoms with Crippen molar-refractivity contribution in [3.63, 3.8) is 0 Å². The Kier molecular flexibility index (Phi) is 5.01. The van der Waals surface area contributed by atoms with Crippen LogP contribution < -0.4 is 0 Å². The summed E-state index contributed by atoms with van der Waals surface area (Å²) in [5.74, 6) is 0. The van der Waals surface area contributed by atoms with E-state index in [1.54, 1.807) is 25.1 Å². The van der Waals surface area contributed by atoms with Crippen molar-refractivity contribution in [1.82, 2.24) is 4.31 Å². The van der Waals surface area contributed by atoms with Crippen molar-refractivity contribution < 1.29 is 8.42 Å². The van der Waals surface area contributed by atoms with E-state index in [2.05, 4.69) is 0 Å². The van der Waals surface area contributed by atoms with Gasteiger partial charge in [0.1, 0.15) is 0 Å². The Bertz CT molecular complexity index is 778. The average Bonchev–Trinajstić information content (AvgIpc) is 2.90. The lowest BCUT2D eigenvalue weighted by Gasteiger charge is -2.19. The molecule has 0 fully saturated rings. The highest BCUT2D eigenvalue weighted by Gasteiger charge is 2.24. The molecule has 0 N–H and O–H groups in total. The lowest BCUT2D eigenvalue weighted by molar-refractivity contribution is 0.426. The number of nitrogens with zero attached hydrogens (tertiary/aromatic N) is 2. The van der Waals surface area contributed by atoms with Gasteiger partial charge in [-0.3, -0.25) is 0 Å². The SMILES string of the molecule is CCN(Cc1ccc(Cl)s1)S(=O)(=O)c1cccc(C#N)c1. The van der Waals surface area contributed by atoms with Gasteiger partial charge in [-0.25, -0.2) is 8.42 Å². The summed E-state index contributed by atoms with van der Waals surface area (Å²) in [6.07, 6.45) is 0. The Balaban J connectivity index is 2.33. The van der Waals surface area contributed by atoms with Crippen LogP contribution in [-0.4, -0.2) is 19.3 Å². The number of hydrogen-bond acceptors (Lipinski definition) is 4. The van der Waals surface area contributed by atoms with Gasteiger partial charge < -0.3 is 0 Å². The molecule has 0 atom stereocenters. The van der Waals surface area contributed by atoms with Crippen molar-refractivity contribution in [3.05, 3.63) is 51.2 Å². The maximum absolute atomic E-state index is 12.6. The van der Waals surface area contributed by atoms with Crippen LogP contribution in [0.2, 0.25) is 4.34 Å². The Morgan fingerprint density at radius 3 is 2.67 bits per heavy atom. The first kappa shape index (κ1) is 16.0. The third-order valence-corrected chi connectivity index (χ3v) is 6.05. The third kappa shape index (κ3) is 3.63. The Morgan fingerprint density at radius 1 is 1.33 bits per heavy atom. The van der Waals surface area contributed by atoms with Crippen LogP contribution in [0.15, 0.2) is 41.3 Å². The predicted octanol–water partition coefficient (Wildman–Crippen LogP) is 3.48. The Morgan fingerprint density at radius 2 is 2.10 bits per heavy atom.